The summed E-state index contributed by atoms with van der Waals surface area (Å²) in [7, 11) is 0. The second-order valence-corrected chi connectivity index (χ2v) is 6.59. The summed E-state index contributed by atoms with van der Waals surface area (Å²) in [5.74, 6) is 1.61. The van der Waals surface area contributed by atoms with Crippen LogP contribution < -0.4 is 9.47 Å². The van der Waals surface area contributed by atoms with E-state index in [9.17, 15) is 4.79 Å². The Balaban J connectivity index is 1.63. The molecule has 6 heteroatoms. The van der Waals surface area contributed by atoms with Crippen molar-refractivity contribution in [3.05, 3.63) is 58.3 Å². The number of hydrogen-bond donors (Lipinski definition) is 0. The molecule has 0 saturated carbocycles. The highest BCUT2D eigenvalue weighted by molar-refractivity contribution is 6.35. The van der Waals surface area contributed by atoms with Gasteiger partial charge in [-0.15, -0.1) is 0 Å². The zero-order valence-corrected chi connectivity index (χ0v) is 15.3. The standard InChI is InChI=1S/C20H18ClNO4/c1-3-22(10-13-7-8-16-17(9-13)25-11-24-16)20(23)18-12(2)14-5-4-6-15(21)19(14)26-18/h4-9H,3,10-11H2,1-2H3. The Morgan fingerprint density at radius 1 is 1.19 bits per heavy atom. The largest absolute Gasteiger partial charge is 0.454 e. The number of furan rings is 1. The maximum atomic E-state index is 13.0. The summed E-state index contributed by atoms with van der Waals surface area (Å²) in [5.41, 5.74) is 2.32. The molecule has 2 aromatic carbocycles. The lowest BCUT2D eigenvalue weighted by molar-refractivity contribution is 0.0721. The average molecular weight is 372 g/mol. The topological polar surface area (TPSA) is 51.9 Å². The minimum atomic E-state index is -0.157. The van der Waals surface area contributed by atoms with E-state index < -0.39 is 0 Å². The van der Waals surface area contributed by atoms with Crippen LogP contribution in [0.15, 0.2) is 40.8 Å². The molecular weight excluding hydrogens is 354 g/mol. The molecular formula is C20H18ClNO4. The fraction of sp³-hybridized carbons (Fsp3) is 0.250. The van der Waals surface area contributed by atoms with Gasteiger partial charge in [0.05, 0.1) is 5.02 Å². The van der Waals surface area contributed by atoms with Crippen LogP contribution in [0.25, 0.3) is 11.0 Å². The molecule has 0 spiro atoms. The number of para-hydroxylation sites is 1. The summed E-state index contributed by atoms with van der Waals surface area (Å²) in [6, 6.07) is 11.2. The predicted molar refractivity (Wildman–Crippen MR) is 98.9 cm³/mol. The van der Waals surface area contributed by atoms with Crippen LogP contribution in [0, 0.1) is 6.92 Å². The van der Waals surface area contributed by atoms with Crippen LogP contribution in [0.3, 0.4) is 0 Å². The lowest BCUT2D eigenvalue weighted by Gasteiger charge is -2.20. The second kappa shape index (κ2) is 6.57. The summed E-state index contributed by atoms with van der Waals surface area (Å²) in [6.07, 6.45) is 0. The second-order valence-electron chi connectivity index (χ2n) is 6.18. The number of hydrogen-bond acceptors (Lipinski definition) is 4. The maximum Gasteiger partial charge on any atom is 0.290 e. The van der Waals surface area contributed by atoms with Crippen molar-refractivity contribution in [2.45, 2.75) is 20.4 Å². The van der Waals surface area contributed by atoms with Crippen LogP contribution in [0.2, 0.25) is 5.02 Å². The first-order valence-corrected chi connectivity index (χ1v) is 8.81. The number of benzene rings is 2. The van der Waals surface area contributed by atoms with Gasteiger partial charge in [0, 0.05) is 24.0 Å². The highest BCUT2D eigenvalue weighted by atomic mass is 35.5. The predicted octanol–water partition coefficient (Wildman–Crippen LogP) is 4.79. The van der Waals surface area contributed by atoms with E-state index in [-0.39, 0.29) is 12.7 Å². The Hall–Kier alpha value is -2.66. The van der Waals surface area contributed by atoms with E-state index in [1.54, 1.807) is 11.0 Å². The Morgan fingerprint density at radius 2 is 2.00 bits per heavy atom. The van der Waals surface area contributed by atoms with Crippen LogP contribution in [0.1, 0.15) is 28.6 Å². The highest BCUT2D eigenvalue weighted by Crippen LogP contribution is 2.34. The van der Waals surface area contributed by atoms with E-state index in [0.717, 1.165) is 22.3 Å². The van der Waals surface area contributed by atoms with Gasteiger partial charge >= 0.3 is 0 Å². The summed E-state index contributed by atoms with van der Waals surface area (Å²) < 4.78 is 16.6. The van der Waals surface area contributed by atoms with Gasteiger partial charge in [0.2, 0.25) is 6.79 Å². The Kier molecular flexibility index (Phi) is 4.24. The number of halogens is 1. The van der Waals surface area contributed by atoms with E-state index in [0.29, 0.717) is 35.2 Å². The molecule has 0 atom stereocenters. The summed E-state index contributed by atoms with van der Waals surface area (Å²) in [5, 5.41) is 1.36. The zero-order valence-electron chi connectivity index (χ0n) is 14.5. The number of fused-ring (bicyclic) bond motifs is 2. The number of nitrogens with zero attached hydrogens (tertiary/aromatic N) is 1. The third-order valence-corrected chi connectivity index (χ3v) is 4.89. The van der Waals surface area contributed by atoms with Gasteiger partial charge in [-0.1, -0.05) is 29.8 Å². The quantitative estimate of drug-likeness (QED) is 0.662. The van der Waals surface area contributed by atoms with Gasteiger partial charge in [-0.05, 0) is 37.6 Å². The van der Waals surface area contributed by atoms with Gasteiger partial charge in [-0.25, -0.2) is 0 Å². The van der Waals surface area contributed by atoms with Crippen molar-refractivity contribution in [2.75, 3.05) is 13.3 Å². The van der Waals surface area contributed by atoms with Crippen molar-refractivity contribution in [3.63, 3.8) is 0 Å². The van der Waals surface area contributed by atoms with E-state index in [1.807, 2.05) is 44.2 Å². The normalized spacial score (nSPS) is 12.6. The Morgan fingerprint density at radius 3 is 2.77 bits per heavy atom. The molecule has 0 radical (unpaired) electrons. The van der Waals surface area contributed by atoms with Crippen molar-refractivity contribution in [1.29, 1.82) is 0 Å². The number of ether oxygens (including phenoxy) is 2. The molecule has 134 valence electrons. The SMILES string of the molecule is CCN(Cc1ccc2c(c1)OCO2)C(=O)c1oc2c(Cl)cccc2c1C. The molecule has 3 aromatic rings. The van der Waals surface area contributed by atoms with Crippen molar-refractivity contribution in [1.82, 2.24) is 4.90 Å². The zero-order chi connectivity index (χ0) is 18.3. The number of amides is 1. The molecule has 0 unspecified atom stereocenters. The summed E-state index contributed by atoms with van der Waals surface area (Å²) >= 11 is 6.20. The lowest BCUT2D eigenvalue weighted by atomic mass is 10.1. The maximum absolute atomic E-state index is 13.0. The molecule has 0 bridgehead atoms. The molecule has 1 aromatic heterocycles. The fourth-order valence-corrected chi connectivity index (χ4v) is 3.36. The molecule has 5 nitrogen and oxygen atoms in total. The molecule has 1 aliphatic heterocycles. The summed E-state index contributed by atoms with van der Waals surface area (Å²) in [6.45, 7) is 5.06. The number of aryl methyl sites for hydroxylation is 1. The fourth-order valence-electron chi connectivity index (χ4n) is 3.14. The van der Waals surface area contributed by atoms with Crippen LogP contribution in [-0.2, 0) is 6.54 Å². The Labute approximate surface area is 156 Å². The van der Waals surface area contributed by atoms with E-state index in [2.05, 4.69) is 0 Å². The van der Waals surface area contributed by atoms with Gasteiger partial charge in [0.1, 0.15) is 0 Å². The van der Waals surface area contributed by atoms with Crippen molar-refractivity contribution in [2.24, 2.45) is 0 Å². The van der Waals surface area contributed by atoms with E-state index in [4.69, 9.17) is 25.5 Å². The molecule has 0 saturated heterocycles. The monoisotopic (exact) mass is 371 g/mol. The van der Waals surface area contributed by atoms with Gasteiger partial charge in [-0.3, -0.25) is 4.79 Å². The van der Waals surface area contributed by atoms with Gasteiger partial charge in [-0.2, -0.15) is 0 Å². The number of rotatable bonds is 4. The third kappa shape index (κ3) is 2.78. The van der Waals surface area contributed by atoms with Crippen LogP contribution in [0.5, 0.6) is 11.5 Å². The smallest absolute Gasteiger partial charge is 0.290 e. The summed E-state index contributed by atoms with van der Waals surface area (Å²) in [4.78, 5) is 14.8. The molecule has 2 heterocycles. The lowest BCUT2D eigenvalue weighted by Crippen LogP contribution is -2.30. The molecule has 0 N–H and O–H groups in total. The van der Waals surface area contributed by atoms with Crippen LogP contribution in [0.4, 0.5) is 0 Å². The van der Waals surface area contributed by atoms with Gasteiger partial charge in [0.25, 0.3) is 5.91 Å². The molecule has 4 rings (SSSR count). The molecule has 1 aliphatic rings. The first kappa shape index (κ1) is 16.8. The van der Waals surface area contributed by atoms with Gasteiger partial charge in [0.15, 0.2) is 22.8 Å². The minimum absolute atomic E-state index is 0.157. The molecule has 1 amide bonds. The first-order chi connectivity index (χ1) is 12.6. The highest BCUT2D eigenvalue weighted by Gasteiger charge is 2.24. The van der Waals surface area contributed by atoms with Crippen molar-refractivity contribution < 1.29 is 18.7 Å². The third-order valence-electron chi connectivity index (χ3n) is 4.59. The first-order valence-electron chi connectivity index (χ1n) is 8.44. The molecule has 26 heavy (non-hydrogen) atoms. The number of carbonyl (C=O) groups is 1. The van der Waals surface area contributed by atoms with Crippen molar-refractivity contribution >= 4 is 28.5 Å². The average Bonchev–Trinajstić information content (AvgIpc) is 3.24. The van der Waals surface area contributed by atoms with E-state index >= 15 is 0 Å². The molecule has 0 fully saturated rings. The minimum Gasteiger partial charge on any atom is -0.454 e. The molecule has 0 aliphatic carbocycles. The van der Waals surface area contributed by atoms with Gasteiger partial charge < -0.3 is 18.8 Å². The van der Waals surface area contributed by atoms with Crippen LogP contribution >= 0.6 is 11.6 Å². The number of carbonyl (C=O) groups excluding carboxylic acids is 1. The van der Waals surface area contributed by atoms with Crippen LogP contribution in [-0.4, -0.2) is 24.1 Å². The van der Waals surface area contributed by atoms with Crippen molar-refractivity contribution in [3.8, 4) is 11.5 Å². The van der Waals surface area contributed by atoms with E-state index in [1.165, 1.54) is 0 Å². The Bertz CT molecular complexity index is 995.